The second kappa shape index (κ2) is 2.37. The van der Waals surface area contributed by atoms with Crippen LogP contribution in [-0.4, -0.2) is 23.3 Å². The van der Waals surface area contributed by atoms with Gasteiger partial charge in [-0.15, -0.1) is 0 Å². The summed E-state index contributed by atoms with van der Waals surface area (Å²) in [5.41, 5.74) is 1.86. The van der Waals surface area contributed by atoms with Gasteiger partial charge in [-0.3, -0.25) is 14.9 Å². The van der Waals surface area contributed by atoms with Gasteiger partial charge in [0.05, 0.1) is 0 Å². The Hall–Kier alpha value is -0.770. The molecule has 11 heavy (non-hydrogen) atoms. The Kier molecular flexibility index (Phi) is 1.49. The summed E-state index contributed by atoms with van der Waals surface area (Å²) in [6.45, 7) is 0. The first-order valence-corrected chi connectivity index (χ1v) is 4.55. The standard InChI is InChI=1S/C7H7NO2S/c9-6-1-4-2-11-3-5(4)7(10)8-6/h1-3H2,(H,8,9,10). The summed E-state index contributed by atoms with van der Waals surface area (Å²) in [5, 5.41) is 2.30. The molecular weight excluding hydrogens is 162 g/mol. The molecule has 0 aromatic heterocycles. The molecule has 4 heteroatoms. The molecule has 3 nitrogen and oxygen atoms in total. The van der Waals surface area contributed by atoms with E-state index in [1.54, 1.807) is 11.8 Å². The van der Waals surface area contributed by atoms with Crippen LogP contribution in [0.1, 0.15) is 6.42 Å². The maximum absolute atomic E-state index is 11.1. The fraction of sp³-hybridized carbons (Fsp3) is 0.429. The highest BCUT2D eigenvalue weighted by molar-refractivity contribution is 8.00. The number of nitrogens with one attached hydrogen (secondary N) is 1. The van der Waals surface area contributed by atoms with Crippen molar-refractivity contribution in [2.45, 2.75) is 6.42 Å². The van der Waals surface area contributed by atoms with Crippen LogP contribution in [0.25, 0.3) is 0 Å². The Morgan fingerprint density at radius 1 is 1.27 bits per heavy atom. The lowest BCUT2D eigenvalue weighted by molar-refractivity contribution is -0.128. The lowest BCUT2D eigenvalue weighted by Crippen LogP contribution is -2.36. The number of amides is 2. The minimum absolute atomic E-state index is 0.156. The lowest BCUT2D eigenvalue weighted by atomic mass is 10.0. The largest absolute Gasteiger partial charge is 0.292 e. The zero-order valence-electron chi connectivity index (χ0n) is 5.85. The monoisotopic (exact) mass is 169 g/mol. The average Bonchev–Trinajstić information content (AvgIpc) is 2.34. The summed E-state index contributed by atoms with van der Waals surface area (Å²) in [5.74, 6) is 1.29. The molecule has 2 aliphatic heterocycles. The van der Waals surface area contributed by atoms with Gasteiger partial charge in [-0.25, -0.2) is 0 Å². The van der Waals surface area contributed by atoms with E-state index in [0.29, 0.717) is 6.42 Å². The number of carbonyl (C=O) groups excluding carboxylic acids is 2. The Labute approximate surface area is 68.2 Å². The van der Waals surface area contributed by atoms with Crippen molar-refractivity contribution < 1.29 is 9.59 Å². The third-order valence-corrected chi connectivity index (χ3v) is 2.90. The first-order chi connectivity index (χ1) is 5.27. The van der Waals surface area contributed by atoms with Gasteiger partial charge in [0.2, 0.25) is 5.91 Å². The van der Waals surface area contributed by atoms with Gasteiger partial charge >= 0.3 is 0 Å². The summed E-state index contributed by atoms with van der Waals surface area (Å²) < 4.78 is 0. The zero-order chi connectivity index (χ0) is 7.84. The topological polar surface area (TPSA) is 46.2 Å². The van der Waals surface area contributed by atoms with Crippen LogP contribution in [0, 0.1) is 0 Å². The SMILES string of the molecule is O=C1CC2=C(CSC2)C(=O)N1. The normalized spacial score (nSPS) is 23.6. The first kappa shape index (κ1) is 6.91. The Bertz CT molecular complexity index is 270. The molecule has 2 rings (SSSR count). The Morgan fingerprint density at radius 2 is 2.09 bits per heavy atom. The van der Waals surface area contributed by atoms with Crippen molar-refractivity contribution in [2.24, 2.45) is 0 Å². The molecule has 0 radical (unpaired) electrons. The predicted octanol–water partition coefficient (Wildman–Crippen LogP) is 0.0763. The summed E-state index contributed by atoms with van der Waals surface area (Å²) in [6.07, 6.45) is 0.425. The maximum atomic E-state index is 11.1. The number of rotatable bonds is 0. The van der Waals surface area contributed by atoms with Crippen molar-refractivity contribution in [3.05, 3.63) is 11.1 Å². The van der Waals surface area contributed by atoms with Crippen molar-refractivity contribution in [3.8, 4) is 0 Å². The molecule has 1 N–H and O–H groups in total. The van der Waals surface area contributed by atoms with Crippen LogP contribution in [-0.2, 0) is 9.59 Å². The number of thioether (sulfide) groups is 1. The van der Waals surface area contributed by atoms with E-state index in [1.807, 2.05) is 0 Å². The van der Waals surface area contributed by atoms with E-state index < -0.39 is 0 Å². The molecule has 2 heterocycles. The molecule has 0 spiro atoms. The molecule has 0 aromatic rings. The van der Waals surface area contributed by atoms with Gasteiger partial charge in [0.25, 0.3) is 5.91 Å². The van der Waals surface area contributed by atoms with E-state index in [1.165, 1.54) is 0 Å². The fourth-order valence-corrected chi connectivity index (χ4v) is 2.45. The second-order valence-corrected chi connectivity index (χ2v) is 3.61. The minimum Gasteiger partial charge on any atom is -0.292 e. The van der Waals surface area contributed by atoms with Gasteiger partial charge in [0, 0.05) is 23.5 Å². The highest BCUT2D eigenvalue weighted by Gasteiger charge is 2.28. The van der Waals surface area contributed by atoms with Gasteiger partial charge in [-0.1, -0.05) is 0 Å². The van der Waals surface area contributed by atoms with Crippen molar-refractivity contribution >= 4 is 23.6 Å². The summed E-state index contributed by atoms with van der Waals surface area (Å²) in [7, 11) is 0. The maximum Gasteiger partial charge on any atom is 0.254 e. The molecular formula is C7H7NO2S. The van der Waals surface area contributed by atoms with Gasteiger partial charge < -0.3 is 0 Å². The quantitative estimate of drug-likeness (QED) is 0.522. The second-order valence-electron chi connectivity index (χ2n) is 2.63. The number of hydrogen-bond acceptors (Lipinski definition) is 3. The molecule has 0 unspecified atom stereocenters. The van der Waals surface area contributed by atoms with E-state index in [-0.39, 0.29) is 11.8 Å². The number of carbonyl (C=O) groups is 2. The van der Waals surface area contributed by atoms with E-state index in [4.69, 9.17) is 0 Å². The molecule has 2 aliphatic rings. The fourth-order valence-electron chi connectivity index (χ4n) is 1.29. The van der Waals surface area contributed by atoms with E-state index in [0.717, 1.165) is 22.7 Å². The smallest absolute Gasteiger partial charge is 0.254 e. The van der Waals surface area contributed by atoms with Crippen molar-refractivity contribution in [2.75, 3.05) is 11.5 Å². The highest BCUT2D eigenvalue weighted by Crippen LogP contribution is 2.28. The van der Waals surface area contributed by atoms with Crippen LogP contribution < -0.4 is 5.32 Å². The Morgan fingerprint density at radius 3 is 2.91 bits per heavy atom. The van der Waals surface area contributed by atoms with Gasteiger partial charge in [-0.2, -0.15) is 11.8 Å². The van der Waals surface area contributed by atoms with E-state index in [9.17, 15) is 9.59 Å². The summed E-state index contributed by atoms with van der Waals surface area (Å²) in [6, 6.07) is 0. The molecule has 0 aromatic carbocycles. The number of hydrogen-bond donors (Lipinski definition) is 1. The zero-order valence-corrected chi connectivity index (χ0v) is 6.66. The molecule has 58 valence electrons. The third-order valence-electron chi connectivity index (χ3n) is 1.85. The molecule has 2 amide bonds. The predicted molar refractivity (Wildman–Crippen MR) is 42.1 cm³/mol. The first-order valence-electron chi connectivity index (χ1n) is 3.40. The minimum atomic E-state index is -0.179. The van der Waals surface area contributed by atoms with Crippen LogP contribution in [0.4, 0.5) is 0 Å². The molecule has 0 aliphatic carbocycles. The van der Waals surface area contributed by atoms with Crippen LogP contribution in [0.5, 0.6) is 0 Å². The molecule has 0 bridgehead atoms. The summed E-state index contributed by atoms with van der Waals surface area (Å²) >= 11 is 1.70. The van der Waals surface area contributed by atoms with Crippen molar-refractivity contribution in [1.82, 2.24) is 5.32 Å². The average molecular weight is 169 g/mol. The molecule has 0 fully saturated rings. The Balaban J connectivity index is 2.35. The van der Waals surface area contributed by atoms with Crippen LogP contribution >= 0.6 is 11.8 Å². The van der Waals surface area contributed by atoms with E-state index >= 15 is 0 Å². The molecule has 0 atom stereocenters. The van der Waals surface area contributed by atoms with E-state index in [2.05, 4.69) is 5.32 Å². The van der Waals surface area contributed by atoms with Crippen LogP contribution in [0.15, 0.2) is 11.1 Å². The molecule has 0 saturated heterocycles. The highest BCUT2D eigenvalue weighted by atomic mass is 32.2. The number of imide groups is 1. The van der Waals surface area contributed by atoms with Gasteiger partial charge in [0.1, 0.15) is 0 Å². The van der Waals surface area contributed by atoms with Crippen LogP contribution in [0.3, 0.4) is 0 Å². The molecule has 0 saturated carbocycles. The lowest BCUT2D eigenvalue weighted by Gasteiger charge is -2.11. The summed E-state index contributed by atoms with van der Waals surface area (Å²) in [4.78, 5) is 21.9. The van der Waals surface area contributed by atoms with Crippen LogP contribution in [0.2, 0.25) is 0 Å². The van der Waals surface area contributed by atoms with Crippen molar-refractivity contribution in [3.63, 3.8) is 0 Å². The third kappa shape index (κ3) is 1.07. The van der Waals surface area contributed by atoms with Gasteiger partial charge in [-0.05, 0) is 5.57 Å². The van der Waals surface area contributed by atoms with Crippen molar-refractivity contribution in [1.29, 1.82) is 0 Å². The van der Waals surface area contributed by atoms with Gasteiger partial charge in [0.15, 0.2) is 0 Å².